The van der Waals surface area contributed by atoms with Crippen LogP contribution in [0.3, 0.4) is 0 Å². The maximum atomic E-state index is 0. The van der Waals surface area contributed by atoms with Gasteiger partial charge in [-0.3, -0.25) is 4.70 Å². The average Bonchev–Trinajstić information content (AvgIpc) is 0. The maximum Gasteiger partial charge on any atom is 0.187 e. The third kappa shape index (κ3) is 10.6. The molecule has 0 atom stereocenters. The first-order valence-electron chi connectivity index (χ1n) is 0. The van der Waals surface area contributed by atoms with E-state index in [9.17, 15) is 0 Å². The molecule has 21 valence electrons. The van der Waals surface area contributed by atoms with Crippen LogP contribution in [-0.4, -0.2) is 25.8 Å². The Balaban J connectivity index is 0. The second kappa shape index (κ2) is 28.9. The molecule has 0 aliphatic heterocycles. The van der Waals surface area contributed by atoms with Gasteiger partial charge in [-0.05, 0) is 0 Å². The Morgan fingerprint density at radius 2 is 1.00 bits per heavy atom. The molecule has 0 N–H and O–H groups in total. The molecule has 0 spiro atoms. The van der Waals surface area contributed by atoms with Gasteiger partial charge in [0.1, 0.15) is 0 Å². The van der Waals surface area contributed by atoms with E-state index in [0.717, 1.165) is 0 Å². The van der Waals surface area contributed by atoms with Gasteiger partial charge < -0.3 is 0 Å². The third-order valence-corrected chi connectivity index (χ3v) is 0. The zero-order valence-electron chi connectivity index (χ0n) is 1.49. The molecule has 4 heteroatoms. The van der Waals surface area contributed by atoms with Crippen molar-refractivity contribution in [2.24, 2.45) is 0 Å². The monoisotopic (exact) mass is 109 g/mol. The molecular weight excluding hydrogens is 105 g/mol. The molecule has 0 aliphatic carbocycles. The largest absolute Gasteiger partial charge is 0.269 e. The maximum absolute atomic E-state index is 0. The van der Waals surface area contributed by atoms with Crippen molar-refractivity contribution < 1.29 is 26.4 Å². The van der Waals surface area contributed by atoms with E-state index in [0.29, 0.717) is 0 Å². The third-order valence-electron chi connectivity index (χ3n) is 0. The van der Waals surface area contributed by atoms with Gasteiger partial charge in [-0.2, -0.15) is 0 Å². The van der Waals surface area contributed by atoms with Gasteiger partial charge in [-0.1, -0.05) is 0 Å². The molecule has 0 saturated heterocycles. The smallest absolute Gasteiger partial charge is 0.187 e. The summed E-state index contributed by atoms with van der Waals surface area (Å²) in [6, 6.07) is 0. The minimum Gasteiger partial charge on any atom is -0.269 e. The average molecular weight is 109 g/mol. The molecule has 0 aromatic carbocycles. The first-order valence-corrected chi connectivity index (χ1v) is 0. The van der Waals surface area contributed by atoms with E-state index in [-0.39, 0.29) is 52.2 Å². The van der Waals surface area contributed by atoms with Crippen LogP contribution >= 0.6 is 0 Å². The Labute approximate surface area is 52.3 Å². The summed E-state index contributed by atoms with van der Waals surface area (Å²) in [5, 5.41) is 0. The number of hydrogen-bond acceptors (Lipinski definition) is 0. The second-order valence-electron chi connectivity index (χ2n) is 0. The van der Waals surface area contributed by atoms with Crippen LogP contribution in [0.5, 0.6) is 0 Å². The van der Waals surface area contributed by atoms with Crippen LogP contribution in [0.4, 0.5) is 4.70 Å². The molecule has 0 saturated carbocycles. The van der Waals surface area contributed by atoms with E-state index < -0.39 is 0 Å². The Kier molecular flexibility index (Phi) is 442. The van der Waals surface area contributed by atoms with Gasteiger partial charge >= 0.3 is 0 Å². The van der Waals surface area contributed by atoms with Gasteiger partial charge in [-0.25, -0.2) is 0 Å². The molecule has 0 fully saturated rings. The van der Waals surface area contributed by atoms with Gasteiger partial charge in [0.05, 0.1) is 0 Å². The standard InChI is InChI=1S/Al.B.FH.Ti.3H/h;;1H;;;;. The molecule has 0 heterocycles. The van der Waals surface area contributed by atoms with E-state index in [2.05, 4.69) is 0 Å². The van der Waals surface area contributed by atoms with E-state index in [1.54, 1.807) is 0 Å². The summed E-state index contributed by atoms with van der Waals surface area (Å²) < 4.78 is 0. The van der Waals surface area contributed by atoms with Gasteiger partial charge in [0.15, 0.2) is 17.4 Å². The molecular formula is H4AlBFTi. The summed E-state index contributed by atoms with van der Waals surface area (Å²) in [5.41, 5.74) is 0. The second-order valence-corrected chi connectivity index (χ2v) is 0. The van der Waals surface area contributed by atoms with Crippen LogP contribution < -0.4 is 0 Å². The van der Waals surface area contributed by atoms with Crippen LogP contribution in [0.2, 0.25) is 0 Å². The summed E-state index contributed by atoms with van der Waals surface area (Å²) in [6.07, 6.45) is 0. The number of halogens is 1. The van der Waals surface area contributed by atoms with E-state index in [1.807, 2.05) is 0 Å². The van der Waals surface area contributed by atoms with E-state index >= 15 is 0 Å². The molecule has 0 nitrogen and oxygen atoms in total. The van der Waals surface area contributed by atoms with Gasteiger partial charge in [0.2, 0.25) is 0 Å². The summed E-state index contributed by atoms with van der Waals surface area (Å²) in [4.78, 5) is 0. The fourth-order valence-electron chi connectivity index (χ4n) is 0. The van der Waals surface area contributed by atoms with E-state index in [4.69, 9.17) is 0 Å². The Bertz CT molecular complexity index is 8.00. The van der Waals surface area contributed by atoms with Crippen LogP contribution in [0.1, 0.15) is 0 Å². The van der Waals surface area contributed by atoms with Crippen LogP contribution in [0.15, 0.2) is 0 Å². The molecule has 0 aromatic heterocycles. The minimum absolute atomic E-state index is 0. The molecule has 0 unspecified atom stereocenters. The Morgan fingerprint density at radius 1 is 1.00 bits per heavy atom. The van der Waals surface area contributed by atoms with E-state index in [1.165, 1.54) is 0 Å². The van der Waals surface area contributed by atoms with Crippen molar-refractivity contribution in [2.45, 2.75) is 0 Å². The van der Waals surface area contributed by atoms with Crippen LogP contribution in [0.25, 0.3) is 0 Å². The molecule has 3 radical (unpaired) electrons. The molecule has 0 aromatic rings. The van der Waals surface area contributed by atoms with Crippen molar-refractivity contribution in [3.05, 3.63) is 0 Å². The van der Waals surface area contributed by atoms with Crippen molar-refractivity contribution in [1.29, 1.82) is 0 Å². The van der Waals surface area contributed by atoms with Crippen LogP contribution in [-0.2, 0) is 21.7 Å². The minimum atomic E-state index is 0. The SMILES string of the molecule is F.[AlH3].[B].[Ti]. The van der Waals surface area contributed by atoms with Gasteiger partial charge in [-0.15, -0.1) is 0 Å². The topological polar surface area (TPSA) is 0 Å². The van der Waals surface area contributed by atoms with Crippen molar-refractivity contribution >= 4 is 25.8 Å². The fourth-order valence-corrected chi connectivity index (χ4v) is 0. The Hall–Kier alpha value is 1.24. The quantitative estimate of drug-likeness (QED) is 0.335. The summed E-state index contributed by atoms with van der Waals surface area (Å²) in [7, 11) is 0. The van der Waals surface area contributed by atoms with Crippen molar-refractivity contribution in [1.82, 2.24) is 0 Å². The zero-order valence-corrected chi connectivity index (χ0v) is 3.05. The van der Waals surface area contributed by atoms with Crippen molar-refractivity contribution in [3.63, 3.8) is 0 Å². The first-order chi connectivity index (χ1) is 0. The predicted octanol–water partition coefficient (Wildman–Crippen LogP) is -1.41. The predicted molar refractivity (Wildman–Crippen MR) is 18.2 cm³/mol. The molecule has 0 aliphatic rings. The van der Waals surface area contributed by atoms with Crippen molar-refractivity contribution in [2.75, 3.05) is 0 Å². The first kappa shape index (κ1) is 61.2. The molecule has 0 amide bonds. The van der Waals surface area contributed by atoms with Crippen molar-refractivity contribution in [3.8, 4) is 0 Å². The summed E-state index contributed by atoms with van der Waals surface area (Å²) in [5.74, 6) is 0. The van der Waals surface area contributed by atoms with Gasteiger partial charge in [0, 0.05) is 30.1 Å². The number of hydrogen-bond donors (Lipinski definition) is 0. The summed E-state index contributed by atoms with van der Waals surface area (Å²) in [6.45, 7) is 0. The van der Waals surface area contributed by atoms with Gasteiger partial charge in [0.25, 0.3) is 0 Å². The molecule has 4 heavy (non-hydrogen) atoms. The fraction of sp³-hybridized carbons (Fsp3) is 0. The summed E-state index contributed by atoms with van der Waals surface area (Å²) >= 11 is 0. The molecule has 0 rings (SSSR count). The zero-order chi connectivity index (χ0) is 0. The number of rotatable bonds is 0. The Morgan fingerprint density at radius 3 is 1.00 bits per heavy atom. The van der Waals surface area contributed by atoms with Crippen LogP contribution in [0, 0.1) is 0 Å². The normalized spacial score (nSPS) is 0. The molecule has 0 bridgehead atoms.